The molecular weight excluding hydrogens is 609 g/mol. The van der Waals surface area contributed by atoms with Crippen LogP contribution in [0.5, 0.6) is 0 Å². The van der Waals surface area contributed by atoms with Crippen LogP contribution in [0.1, 0.15) is 39.5 Å². The first kappa shape index (κ1) is 29.8. The minimum Gasteiger partial charge on any atom is -0.876 e. The third-order valence-corrected chi connectivity index (χ3v) is 2.61. The van der Waals surface area contributed by atoms with Crippen molar-refractivity contribution < 1.29 is 42.1 Å². The third kappa shape index (κ3) is 12.4. The van der Waals surface area contributed by atoms with E-state index in [1.807, 2.05) is 24.3 Å². The van der Waals surface area contributed by atoms with Gasteiger partial charge >= 0.3 is 42.1 Å². The maximum Gasteiger partial charge on any atom is 2.00 e. The van der Waals surface area contributed by atoms with E-state index in [4.69, 9.17) is 10.8 Å². The van der Waals surface area contributed by atoms with Crippen molar-refractivity contribution >= 4 is 28.2 Å². The Bertz CT molecular complexity index is 411. The quantitative estimate of drug-likeness (QED) is 0.256. The summed E-state index contributed by atoms with van der Waals surface area (Å²) in [4.78, 5) is 0. The summed E-state index contributed by atoms with van der Waals surface area (Å²) in [6.07, 6.45) is 18.0. The van der Waals surface area contributed by atoms with Gasteiger partial charge in [0.05, 0.1) is 0 Å². The third-order valence-electron chi connectivity index (χ3n) is 2.61. The molecule has 0 aliphatic heterocycles. The summed E-state index contributed by atoms with van der Waals surface area (Å²) in [5, 5.41) is 17.9. The van der Waals surface area contributed by atoms with Gasteiger partial charge in [-0.15, -0.1) is 26.0 Å². The summed E-state index contributed by atoms with van der Waals surface area (Å²) < 4.78 is 0. The summed E-state index contributed by atoms with van der Waals surface area (Å²) in [5.41, 5.74) is 2.43. The van der Waals surface area contributed by atoms with Gasteiger partial charge in [-0.05, 0) is 0 Å². The molecule has 0 unspecified atom stereocenters. The predicted molar refractivity (Wildman–Crippen MR) is 89.8 cm³/mol. The van der Waals surface area contributed by atoms with Crippen LogP contribution in [0.25, 0.3) is 10.8 Å². The van der Waals surface area contributed by atoms with Gasteiger partial charge in [-0.25, -0.2) is 17.2 Å². The summed E-state index contributed by atoms with van der Waals surface area (Å²) in [6.45, 7) is 3.36. The number of nitrogens with zero attached hydrogens (tertiary/aromatic N) is 2. The van der Waals surface area contributed by atoms with Crippen molar-refractivity contribution in [3.8, 4) is 0 Å². The molecule has 0 N–H and O–H groups in total. The number of rotatable bonds is 2. The summed E-state index contributed by atoms with van der Waals surface area (Å²) in [6, 6.07) is 0. The van der Waals surface area contributed by atoms with Crippen molar-refractivity contribution in [3.63, 3.8) is 0 Å². The van der Waals surface area contributed by atoms with E-state index in [9.17, 15) is 0 Å². The predicted octanol–water partition coefficient (Wildman–Crippen LogP) is 3.43. The van der Waals surface area contributed by atoms with E-state index in [-0.39, 0.29) is 59.0 Å². The molecule has 0 saturated carbocycles. The van der Waals surface area contributed by atoms with Crippen LogP contribution in [0.15, 0.2) is 35.5 Å². The number of hydrogen-bond donors (Lipinski definition) is 0. The molecule has 6 radical (unpaired) electrons. The molecule has 0 atom stereocenters. The van der Waals surface area contributed by atoms with Gasteiger partial charge in [0.2, 0.25) is 0 Å². The van der Waals surface area contributed by atoms with E-state index in [0.717, 1.165) is 36.8 Å². The topological polar surface area (TPSA) is 44.6 Å². The average molecular weight is 628 g/mol. The van der Waals surface area contributed by atoms with E-state index >= 15 is 0 Å². The van der Waals surface area contributed by atoms with Gasteiger partial charge in [0.15, 0.2) is 0 Å². The standard InChI is InChI=1S/2C8H9N.2B.2W/c2*1-7(9)8-5-3-2-4-6-8;;;;/h3,6H,2,4H2,1H3;3,5H,2,4H2,1H3;;;;/q2*-2;;;2*+2. The first-order valence-electron chi connectivity index (χ1n) is 6.22. The largest absolute Gasteiger partial charge is 2.00 e. The Morgan fingerprint density at radius 1 is 1.00 bits per heavy atom. The van der Waals surface area contributed by atoms with Crippen LogP contribution in [-0.4, -0.2) is 28.2 Å². The molecule has 0 amide bonds. The molecule has 0 aromatic heterocycles. The fourth-order valence-corrected chi connectivity index (χ4v) is 1.60. The summed E-state index contributed by atoms with van der Waals surface area (Å²) >= 11 is 0. The zero-order valence-corrected chi connectivity index (χ0v) is 18.9. The van der Waals surface area contributed by atoms with E-state index in [2.05, 4.69) is 12.2 Å². The van der Waals surface area contributed by atoms with Crippen LogP contribution in [0, 0.1) is 12.2 Å². The van der Waals surface area contributed by atoms with E-state index in [0.29, 0.717) is 11.4 Å². The van der Waals surface area contributed by atoms with Gasteiger partial charge in [0, 0.05) is 16.8 Å². The normalized spacial score (nSPS) is 14.1. The molecule has 2 aliphatic rings. The van der Waals surface area contributed by atoms with E-state index in [1.54, 1.807) is 13.8 Å². The van der Waals surface area contributed by atoms with E-state index in [1.165, 1.54) is 0 Å². The molecule has 2 rings (SSSR count). The Morgan fingerprint density at radius 2 is 1.64 bits per heavy atom. The minimum absolute atomic E-state index is 0. The van der Waals surface area contributed by atoms with Gasteiger partial charge in [-0.2, -0.15) is 18.2 Å². The zero-order chi connectivity index (χ0) is 13.4. The molecule has 0 aromatic carbocycles. The van der Waals surface area contributed by atoms with Crippen LogP contribution in [0.3, 0.4) is 0 Å². The van der Waals surface area contributed by atoms with Crippen molar-refractivity contribution in [1.29, 1.82) is 0 Å². The van der Waals surface area contributed by atoms with Crippen molar-refractivity contribution in [3.05, 3.63) is 58.4 Å². The Kier molecular flexibility index (Phi) is 23.2. The van der Waals surface area contributed by atoms with Crippen molar-refractivity contribution in [1.82, 2.24) is 0 Å². The van der Waals surface area contributed by atoms with Crippen LogP contribution in [0.2, 0.25) is 0 Å². The van der Waals surface area contributed by atoms with Gasteiger partial charge in [-0.3, -0.25) is 11.4 Å². The van der Waals surface area contributed by atoms with Crippen LogP contribution in [0.4, 0.5) is 0 Å². The monoisotopic (exact) mass is 628 g/mol. The molecule has 0 fully saturated rings. The Morgan fingerprint density at radius 3 is 1.91 bits per heavy atom. The van der Waals surface area contributed by atoms with Crippen LogP contribution in [-0.2, 0) is 42.1 Å². The molecule has 0 bridgehead atoms. The zero-order valence-electron chi connectivity index (χ0n) is 13.0. The van der Waals surface area contributed by atoms with Gasteiger partial charge < -0.3 is 10.8 Å². The Balaban J connectivity index is -0.000000125. The molecule has 6 heteroatoms. The molecule has 2 nitrogen and oxygen atoms in total. The summed E-state index contributed by atoms with van der Waals surface area (Å²) in [7, 11) is 0. The molecule has 0 spiro atoms. The fraction of sp³-hybridized carbons (Fsp3) is 0.375. The van der Waals surface area contributed by atoms with Gasteiger partial charge in [0.1, 0.15) is 0 Å². The molecule has 22 heavy (non-hydrogen) atoms. The Hall–Kier alpha value is -0.194. The molecule has 0 aromatic rings. The molecule has 2 aliphatic carbocycles. The fourth-order valence-electron chi connectivity index (χ4n) is 1.60. The minimum atomic E-state index is 0. The van der Waals surface area contributed by atoms with Crippen LogP contribution < -0.4 is 0 Å². The van der Waals surface area contributed by atoms with Gasteiger partial charge in [-0.1, -0.05) is 25.7 Å². The van der Waals surface area contributed by atoms with Gasteiger partial charge in [0.25, 0.3) is 0 Å². The molecular formula is C16H18B2N2W2. The SMILES string of the molecule is CC(=[N-])C1=CCCC=[C-]1.CC(=[N-])C1=[C-]CCC=C1.[B].[B].[W+2].[W+2]. The number of allylic oxidation sites excluding steroid dienone is 8. The second kappa shape index (κ2) is 17.2. The van der Waals surface area contributed by atoms with Crippen molar-refractivity contribution in [2.75, 3.05) is 0 Å². The molecule has 0 heterocycles. The molecule has 110 valence electrons. The van der Waals surface area contributed by atoms with E-state index < -0.39 is 0 Å². The first-order chi connectivity index (χ1) is 8.61. The summed E-state index contributed by atoms with van der Waals surface area (Å²) in [5.74, 6) is 0. The maximum atomic E-state index is 8.94. The number of hydrogen-bond acceptors (Lipinski definition) is 0. The first-order valence-corrected chi connectivity index (χ1v) is 6.22. The van der Waals surface area contributed by atoms with Crippen molar-refractivity contribution in [2.24, 2.45) is 0 Å². The van der Waals surface area contributed by atoms with Crippen molar-refractivity contribution in [2.45, 2.75) is 39.5 Å². The smallest absolute Gasteiger partial charge is 0.876 e. The second-order valence-electron chi connectivity index (χ2n) is 4.25. The van der Waals surface area contributed by atoms with Crippen LogP contribution >= 0.6 is 0 Å². The second-order valence-corrected chi connectivity index (χ2v) is 4.25. The Labute approximate surface area is 167 Å². The molecule has 0 saturated heterocycles. The average Bonchev–Trinajstić information content (AvgIpc) is 2.41. The maximum absolute atomic E-state index is 8.94.